The number of nitrogens with one attached hydrogen (secondary N) is 1. The molecule has 0 fully saturated rings. The average molecular weight is 395 g/mol. The van der Waals surface area contributed by atoms with Crippen molar-refractivity contribution in [2.45, 2.75) is 13.5 Å². The molecule has 2 heterocycles. The third-order valence-corrected chi connectivity index (χ3v) is 4.99. The molecule has 0 saturated heterocycles. The molecule has 0 aliphatic heterocycles. The molecular weight excluding hydrogens is 376 g/mol. The second-order valence-electron chi connectivity index (χ2n) is 6.51. The van der Waals surface area contributed by atoms with E-state index in [0.717, 1.165) is 16.6 Å². The summed E-state index contributed by atoms with van der Waals surface area (Å²) in [6.07, 6.45) is 1.63. The largest absolute Gasteiger partial charge is 0.495 e. The molecule has 0 aliphatic carbocycles. The van der Waals surface area contributed by atoms with Gasteiger partial charge in [-0.25, -0.2) is 0 Å². The Bertz CT molecular complexity index is 1160. The molecule has 0 spiro atoms. The Labute approximate surface area is 167 Å². The second kappa shape index (κ2) is 7.44. The number of aryl methyl sites for hydroxylation is 1. The molecule has 4 rings (SSSR count). The number of carbonyl (C=O) groups is 1. The maximum atomic E-state index is 13.1. The van der Waals surface area contributed by atoms with Crippen molar-refractivity contribution in [3.63, 3.8) is 0 Å². The summed E-state index contributed by atoms with van der Waals surface area (Å²) < 4.78 is 12.8. The van der Waals surface area contributed by atoms with E-state index in [1.807, 2.05) is 22.8 Å². The fourth-order valence-electron chi connectivity index (χ4n) is 3.26. The number of halogens is 1. The maximum Gasteiger partial charge on any atom is 0.272 e. The molecule has 5 nitrogen and oxygen atoms in total. The summed E-state index contributed by atoms with van der Waals surface area (Å²) >= 11 is 6.08. The summed E-state index contributed by atoms with van der Waals surface area (Å²) in [7, 11) is 1.55. The lowest BCUT2D eigenvalue weighted by atomic mass is 10.1. The summed E-state index contributed by atoms with van der Waals surface area (Å²) in [6, 6.07) is 16.8. The standard InChI is InChI=1S/C22H19ClN2O3/c1-14-5-3-4-6-15(14)13-25-18-9-10-28-21(18)12-19(25)22(26)24-17-11-16(23)7-8-20(17)27-2/h3-12H,13H2,1-2H3,(H,24,26). The van der Waals surface area contributed by atoms with Gasteiger partial charge in [0.15, 0.2) is 5.58 Å². The fraction of sp³-hybridized carbons (Fsp3) is 0.136. The minimum atomic E-state index is -0.263. The topological polar surface area (TPSA) is 56.4 Å². The van der Waals surface area contributed by atoms with Crippen molar-refractivity contribution < 1.29 is 13.9 Å². The molecule has 6 heteroatoms. The summed E-state index contributed by atoms with van der Waals surface area (Å²) in [6.45, 7) is 2.62. The zero-order valence-corrected chi connectivity index (χ0v) is 16.3. The summed E-state index contributed by atoms with van der Waals surface area (Å²) in [4.78, 5) is 13.1. The zero-order valence-electron chi connectivity index (χ0n) is 15.5. The Morgan fingerprint density at radius 1 is 1.18 bits per heavy atom. The van der Waals surface area contributed by atoms with Gasteiger partial charge in [0, 0.05) is 23.7 Å². The van der Waals surface area contributed by atoms with Gasteiger partial charge >= 0.3 is 0 Å². The Kier molecular flexibility index (Phi) is 4.84. The third-order valence-electron chi connectivity index (χ3n) is 4.75. The lowest BCUT2D eigenvalue weighted by molar-refractivity contribution is 0.101. The maximum absolute atomic E-state index is 13.1. The molecule has 0 unspecified atom stereocenters. The van der Waals surface area contributed by atoms with Crippen molar-refractivity contribution in [1.29, 1.82) is 0 Å². The van der Waals surface area contributed by atoms with Crippen LogP contribution in [0.25, 0.3) is 11.1 Å². The van der Waals surface area contributed by atoms with Gasteiger partial charge in [-0.05, 0) is 36.2 Å². The molecule has 1 N–H and O–H groups in total. The molecule has 1 amide bonds. The average Bonchev–Trinajstić information content (AvgIpc) is 3.26. The van der Waals surface area contributed by atoms with E-state index >= 15 is 0 Å². The first-order valence-electron chi connectivity index (χ1n) is 8.83. The highest BCUT2D eigenvalue weighted by atomic mass is 35.5. The number of furan rings is 1. The Morgan fingerprint density at radius 3 is 2.79 bits per heavy atom. The molecule has 2 aromatic heterocycles. The highest BCUT2D eigenvalue weighted by Gasteiger charge is 2.19. The van der Waals surface area contributed by atoms with Crippen LogP contribution in [0.1, 0.15) is 21.6 Å². The Morgan fingerprint density at radius 2 is 2.00 bits per heavy atom. The van der Waals surface area contributed by atoms with Gasteiger partial charge in [-0.1, -0.05) is 35.9 Å². The van der Waals surface area contributed by atoms with E-state index in [2.05, 4.69) is 24.4 Å². The number of fused-ring (bicyclic) bond motifs is 1. The van der Waals surface area contributed by atoms with E-state index in [9.17, 15) is 4.79 Å². The predicted molar refractivity (Wildman–Crippen MR) is 110 cm³/mol. The number of anilines is 1. The summed E-state index contributed by atoms with van der Waals surface area (Å²) in [5, 5.41) is 3.41. The number of nitrogens with zero attached hydrogens (tertiary/aromatic N) is 1. The van der Waals surface area contributed by atoms with Crippen molar-refractivity contribution in [1.82, 2.24) is 4.57 Å². The highest BCUT2D eigenvalue weighted by molar-refractivity contribution is 6.31. The second-order valence-corrected chi connectivity index (χ2v) is 6.95. The summed E-state index contributed by atoms with van der Waals surface area (Å²) in [5.74, 6) is 0.277. The van der Waals surface area contributed by atoms with Crippen LogP contribution in [-0.2, 0) is 6.54 Å². The van der Waals surface area contributed by atoms with Crippen LogP contribution in [0.2, 0.25) is 5.02 Å². The molecule has 0 atom stereocenters. The molecule has 0 bridgehead atoms. The van der Waals surface area contributed by atoms with Crippen LogP contribution in [0.15, 0.2) is 65.3 Å². The quantitative estimate of drug-likeness (QED) is 0.486. The Balaban J connectivity index is 1.73. The molecule has 4 aromatic rings. The summed E-state index contributed by atoms with van der Waals surface area (Å²) in [5.41, 5.74) is 4.84. The number of methoxy groups -OCH3 is 1. The highest BCUT2D eigenvalue weighted by Crippen LogP contribution is 2.29. The van der Waals surface area contributed by atoms with Gasteiger partial charge in [0.05, 0.1) is 24.6 Å². The monoisotopic (exact) mass is 394 g/mol. The molecule has 0 radical (unpaired) electrons. The minimum absolute atomic E-state index is 0.263. The number of amides is 1. The normalized spacial score (nSPS) is 11.0. The molecule has 0 aliphatic rings. The van der Waals surface area contributed by atoms with Gasteiger partial charge < -0.3 is 19.0 Å². The lowest BCUT2D eigenvalue weighted by Crippen LogP contribution is -2.18. The molecule has 2 aromatic carbocycles. The lowest BCUT2D eigenvalue weighted by Gasteiger charge is -2.14. The van der Waals surface area contributed by atoms with Crippen LogP contribution in [0, 0.1) is 6.92 Å². The number of hydrogen-bond acceptors (Lipinski definition) is 3. The molecule has 0 saturated carbocycles. The molecule has 28 heavy (non-hydrogen) atoms. The molecular formula is C22H19ClN2O3. The van der Waals surface area contributed by atoms with E-state index in [0.29, 0.717) is 34.3 Å². The van der Waals surface area contributed by atoms with E-state index in [1.54, 1.807) is 37.6 Å². The van der Waals surface area contributed by atoms with Gasteiger partial charge in [-0.3, -0.25) is 4.79 Å². The van der Waals surface area contributed by atoms with E-state index in [1.165, 1.54) is 0 Å². The van der Waals surface area contributed by atoms with E-state index in [4.69, 9.17) is 20.8 Å². The van der Waals surface area contributed by atoms with Crippen molar-refractivity contribution in [3.05, 3.63) is 82.7 Å². The first-order chi connectivity index (χ1) is 13.6. The van der Waals surface area contributed by atoms with Crippen LogP contribution in [-0.4, -0.2) is 17.6 Å². The van der Waals surface area contributed by atoms with Crippen molar-refractivity contribution in [3.8, 4) is 5.75 Å². The smallest absolute Gasteiger partial charge is 0.272 e. The predicted octanol–water partition coefficient (Wildman–Crippen LogP) is 5.51. The zero-order chi connectivity index (χ0) is 19.7. The Hall–Kier alpha value is -3.18. The SMILES string of the molecule is COc1ccc(Cl)cc1NC(=O)c1cc2occc2n1Cc1ccccc1C. The fourth-order valence-corrected chi connectivity index (χ4v) is 3.43. The number of hydrogen-bond donors (Lipinski definition) is 1. The van der Waals surface area contributed by atoms with E-state index < -0.39 is 0 Å². The number of aromatic nitrogens is 1. The molecule has 142 valence electrons. The first-order valence-corrected chi connectivity index (χ1v) is 9.21. The minimum Gasteiger partial charge on any atom is -0.495 e. The van der Waals surface area contributed by atoms with Gasteiger partial charge in [-0.15, -0.1) is 0 Å². The first kappa shape index (κ1) is 18.2. The van der Waals surface area contributed by atoms with Gasteiger partial charge in [0.1, 0.15) is 11.4 Å². The van der Waals surface area contributed by atoms with Crippen LogP contribution >= 0.6 is 11.6 Å². The van der Waals surface area contributed by atoms with Crippen molar-refractivity contribution in [2.24, 2.45) is 0 Å². The van der Waals surface area contributed by atoms with Gasteiger partial charge in [0.2, 0.25) is 0 Å². The van der Waals surface area contributed by atoms with Crippen LogP contribution in [0.3, 0.4) is 0 Å². The van der Waals surface area contributed by atoms with Crippen LogP contribution < -0.4 is 10.1 Å². The number of ether oxygens (including phenoxy) is 1. The third kappa shape index (κ3) is 3.37. The van der Waals surface area contributed by atoms with Crippen molar-refractivity contribution in [2.75, 3.05) is 12.4 Å². The number of carbonyl (C=O) groups excluding carboxylic acids is 1. The van der Waals surface area contributed by atoms with Crippen LogP contribution in [0.5, 0.6) is 5.75 Å². The van der Waals surface area contributed by atoms with Gasteiger partial charge in [-0.2, -0.15) is 0 Å². The van der Waals surface area contributed by atoms with Gasteiger partial charge in [0.25, 0.3) is 5.91 Å². The van der Waals surface area contributed by atoms with E-state index in [-0.39, 0.29) is 5.91 Å². The number of rotatable bonds is 5. The van der Waals surface area contributed by atoms with Crippen LogP contribution in [0.4, 0.5) is 5.69 Å². The van der Waals surface area contributed by atoms with Crippen molar-refractivity contribution >= 4 is 34.3 Å². The number of benzene rings is 2.